The van der Waals surface area contributed by atoms with Crippen molar-refractivity contribution in [1.29, 1.82) is 0 Å². The summed E-state index contributed by atoms with van der Waals surface area (Å²) in [6, 6.07) is 8.27. The predicted molar refractivity (Wildman–Crippen MR) is 65.2 cm³/mol. The zero-order valence-electron chi connectivity index (χ0n) is 9.52. The first-order valence-electron chi connectivity index (χ1n) is 5.79. The quantitative estimate of drug-likeness (QED) is 0.683. The first-order valence-corrected chi connectivity index (χ1v) is 5.79. The molecule has 0 bridgehead atoms. The van der Waals surface area contributed by atoms with Crippen molar-refractivity contribution in [2.45, 2.75) is 25.6 Å². The molecule has 2 rings (SSSR count). The molecule has 1 unspecified atom stereocenters. The lowest BCUT2D eigenvalue weighted by molar-refractivity contribution is -0.0676. The Morgan fingerprint density at radius 2 is 2.12 bits per heavy atom. The highest BCUT2D eigenvalue weighted by Crippen LogP contribution is 2.14. The van der Waals surface area contributed by atoms with Gasteiger partial charge in [0.15, 0.2) is 0 Å². The van der Waals surface area contributed by atoms with Gasteiger partial charge in [0.2, 0.25) is 0 Å². The van der Waals surface area contributed by atoms with Crippen LogP contribution in [0.25, 0.3) is 6.08 Å². The molecule has 2 nitrogen and oxygen atoms in total. The van der Waals surface area contributed by atoms with Crippen molar-refractivity contribution in [1.82, 2.24) is 0 Å². The van der Waals surface area contributed by atoms with E-state index in [0.717, 1.165) is 25.2 Å². The van der Waals surface area contributed by atoms with Crippen molar-refractivity contribution in [2.75, 3.05) is 13.2 Å². The Kier molecular flexibility index (Phi) is 4.14. The van der Waals surface area contributed by atoms with E-state index in [2.05, 4.69) is 30.8 Å². The normalized spacial score (nSPS) is 19.1. The van der Waals surface area contributed by atoms with Crippen molar-refractivity contribution in [3.8, 4) is 0 Å². The molecule has 0 aliphatic carbocycles. The van der Waals surface area contributed by atoms with Crippen molar-refractivity contribution in [2.24, 2.45) is 0 Å². The number of hydrogen-bond donors (Lipinski definition) is 0. The van der Waals surface area contributed by atoms with Crippen LogP contribution in [0, 0.1) is 0 Å². The minimum atomic E-state index is 0.447. The topological polar surface area (TPSA) is 18.5 Å². The van der Waals surface area contributed by atoms with Gasteiger partial charge in [-0.3, -0.25) is 0 Å². The molecule has 0 aromatic heterocycles. The molecule has 0 spiro atoms. The Hall–Kier alpha value is -1.12. The minimum Gasteiger partial charge on any atom is -0.378 e. The fourth-order valence-corrected chi connectivity index (χ4v) is 1.67. The van der Waals surface area contributed by atoms with Gasteiger partial charge in [-0.05, 0) is 24.0 Å². The van der Waals surface area contributed by atoms with E-state index >= 15 is 0 Å². The Morgan fingerprint density at radius 1 is 1.38 bits per heavy atom. The number of hydrogen-bond acceptors (Lipinski definition) is 2. The highest BCUT2D eigenvalue weighted by atomic mass is 16.5. The van der Waals surface area contributed by atoms with Crippen LogP contribution >= 0.6 is 0 Å². The molecule has 1 aliphatic rings. The molecule has 0 amide bonds. The predicted octanol–water partition coefficient (Wildman–Crippen LogP) is 3.03. The molecule has 0 saturated carbocycles. The van der Waals surface area contributed by atoms with Crippen LogP contribution in [0.15, 0.2) is 30.8 Å². The van der Waals surface area contributed by atoms with Crippen LogP contribution in [0.1, 0.15) is 24.0 Å². The largest absolute Gasteiger partial charge is 0.378 e. The highest BCUT2D eigenvalue weighted by molar-refractivity contribution is 5.47. The van der Waals surface area contributed by atoms with Gasteiger partial charge in [0, 0.05) is 13.2 Å². The molecule has 1 aliphatic heterocycles. The van der Waals surface area contributed by atoms with Crippen molar-refractivity contribution in [3.63, 3.8) is 0 Å². The maximum absolute atomic E-state index is 5.59. The van der Waals surface area contributed by atoms with E-state index in [1.54, 1.807) is 0 Å². The molecule has 0 N–H and O–H groups in total. The third-order valence-corrected chi connectivity index (χ3v) is 2.86. The summed E-state index contributed by atoms with van der Waals surface area (Å²) in [6.45, 7) is 6.12. The second-order valence-corrected chi connectivity index (χ2v) is 4.07. The minimum absolute atomic E-state index is 0.447. The van der Waals surface area contributed by atoms with Gasteiger partial charge < -0.3 is 9.47 Å². The van der Waals surface area contributed by atoms with Gasteiger partial charge in [-0.25, -0.2) is 0 Å². The lowest BCUT2D eigenvalue weighted by atomic mass is 10.1. The molecule has 1 atom stereocenters. The highest BCUT2D eigenvalue weighted by Gasteiger charge is 2.16. The van der Waals surface area contributed by atoms with Crippen LogP contribution in [-0.2, 0) is 16.1 Å². The average molecular weight is 218 g/mol. The molecule has 1 heterocycles. The van der Waals surface area contributed by atoms with Gasteiger partial charge >= 0.3 is 0 Å². The summed E-state index contributed by atoms with van der Waals surface area (Å²) in [7, 11) is 0. The molecule has 1 aromatic carbocycles. The average Bonchev–Trinajstić information content (AvgIpc) is 2.27. The fourth-order valence-electron chi connectivity index (χ4n) is 1.67. The Labute approximate surface area is 96.9 Å². The summed E-state index contributed by atoms with van der Waals surface area (Å²) in [4.78, 5) is 0. The Bertz CT molecular complexity index is 325. The molecule has 2 heteroatoms. The van der Waals surface area contributed by atoms with Crippen LogP contribution in [0.5, 0.6) is 0 Å². The second kappa shape index (κ2) is 5.83. The first kappa shape index (κ1) is 11.4. The van der Waals surface area contributed by atoms with Gasteiger partial charge in [0.25, 0.3) is 0 Å². The van der Waals surface area contributed by atoms with Crippen molar-refractivity contribution < 1.29 is 9.47 Å². The SMILES string of the molecule is C=Cc1ccc(COCCC2CCO2)cc1. The number of benzene rings is 1. The summed E-state index contributed by atoms with van der Waals surface area (Å²) in [5.41, 5.74) is 2.35. The molecule has 1 aromatic rings. The van der Waals surface area contributed by atoms with Gasteiger partial charge in [0.05, 0.1) is 12.7 Å². The number of ether oxygens (including phenoxy) is 2. The molecule has 0 radical (unpaired) electrons. The maximum Gasteiger partial charge on any atom is 0.0716 e. The standard InChI is InChI=1S/C14H18O2/c1-2-12-3-5-13(6-4-12)11-15-9-7-14-8-10-16-14/h2-6,14H,1,7-11H2. The summed E-state index contributed by atoms with van der Waals surface area (Å²) < 4.78 is 10.9. The molecular formula is C14H18O2. The van der Waals surface area contributed by atoms with E-state index in [-0.39, 0.29) is 0 Å². The zero-order chi connectivity index (χ0) is 11.2. The summed E-state index contributed by atoms with van der Waals surface area (Å²) in [6.07, 6.45) is 4.50. The third kappa shape index (κ3) is 3.19. The Morgan fingerprint density at radius 3 is 2.69 bits per heavy atom. The molecule has 16 heavy (non-hydrogen) atoms. The molecule has 1 fully saturated rings. The first-order chi connectivity index (χ1) is 7.88. The van der Waals surface area contributed by atoms with Crippen LogP contribution < -0.4 is 0 Å². The third-order valence-electron chi connectivity index (χ3n) is 2.86. The summed E-state index contributed by atoms with van der Waals surface area (Å²) >= 11 is 0. The lowest BCUT2D eigenvalue weighted by Gasteiger charge is -2.26. The van der Waals surface area contributed by atoms with E-state index in [1.807, 2.05) is 6.08 Å². The van der Waals surface area contributed by atoms with Gasteiger partial charge in [-0.15, -0.1) is 0 Å². The Balaban J connectivity index is 1.65. The van der Waals surface area contributed by atoms with Crippen molar-refractivity contribution >= 4 is 6.08 Å². The van der Waals surface area contributed by atoms with Gasteiger partial charge in [0.1, 0.15) is 0 Å². The van der Waals surface area contributed by atoms with Crippen LogP contribution in [0.4, 0.5) is 0 Å². The van der Waals surface area contributed by atoms with E-state index in [4.69, 9.17) is 9.47 Å². The molecule has 86 valence electrons. The van der Waals surface area contributed by atoms with Crippen molar-refractivity contribution in [3.05, 3.63) is 42.0 Å². The fraction of sp³-hybridized carbons (Fsp3) is 0.429. The van der Waals surface area contributed by atoms with E-state index in [9.17, 15) is 0 Å². The molecule has 1 saturated heterocycles. The summed E-state index contributed by atoms with van der Waals surface area (Å²) in [5.74, 6) is 0. The van der Waals surface area contributed by atoms with E-state index in [1.165, 1.54) is 12.0 Å². The second-order valence-electron chi connectivity index (χ2n) is 4.07. The van der Waals surface area contributed by atoms with Crippen LogP contribution in [0.2, 0.25) is 0 Å². The summed E-state index contributed by atoms with van der Waals surface area (Å²) in [5, 5.41) is 0. The van der Waals surface area contributed by atoms with Crippen LogP contribution in [0.3, 0.4) is 0 Å². The smallest absolute Gasteiger partial charge is 0.0716 e. The molecular weight excluding hydrogens is 200 g/mol. The zero-order valence-corrected chi connectivity index (χ0v) is 9.52. The van der Waals surface area contributed by atoms with Gasteiger partial charge in [-0.2, -0.15) is 0 Å². The monoisotopic (exact) mass is 218 g/mol. The van der Waals surface area contributed by atoms with E-state index < -0.39 is 0 Å². The van der Waals surface area contributed by atoms with E-state index in [0.29, 0.717) is 12.7 Å². The maximum atomic E-state index is 5.59. The number of rotatable bonds is 6. The lowest BCUT2D eigenvalue weighted by Crippen LogP contribution is -2.27. The van der Waals surface area contributed by atoms with Crippen LogP contribution in [-0.4, -0.2) is 19.3 Å². The van der Waals surface area contributed by atoms with Gasteiger partial charge in [-0.1, -0.05) is 36.9 Å².